The van der Waals surface area contributed by atoms with E-state index in [9.17, 15) is 4.79 Å². The van der Waals surface area contributed by atoms with E-state index >= 15 is 0 Å². The van der Waals surface area contributed by atoms with Crippen molar-refractivity contribution in [1.29, 1.82) is 0 Å². The fraction of sp³-hybridized carbons (Fsp3) is 0. The van der Waals surface area contributed by atoms with Gasteiger partial charge >= 0.3 is 0 Å². The molecular weight excluding hydrogens is 413 g/mol. The Bertz CT molecular complexity index is 649. The van der Waals surface area contributed by atoms with E-state index in [0.717, 1.165) is 9.37 Å². The van der Waals surface area contributed by atoms with E-state index in [-0.39, 0.29) is 5.91 Å². The van der Waals surface area contributed by atoms with E-state index in [1.807, 2.05) is 0 Å². The molecule has 1 amide bonds. The van der Waals surface area contributed by atoms with Gasteiger partial charge in [-0.2, -0.15) is 0 Å². The number of carbonyl (C=O) groups excluding carboxylic acids is 1. The molecule has 98 valence electrons. The molecule has 0 saturated heterocycles. The Morgan fingerprint density at radius 1 is 1.11 bits per heavy atom. The van der Waals surface area contributed by atoms with E-state index in [1.165, 1.54) is 0 Å². The molecule has 2 aromatic carbocycles. The van der Waals surface area contributed by atoms with E-state index in [4.69, 9.17) is 11.6 Å². The predicted octanol–water partition coefficient (Wildman–Crippen LogP) is 5.41. The topological polar surface area (TPSA) is 29.1 Å². The number of carbonyl (C=O) groups is 1. The van der Waals surface area contributed by atoms with E-state index in [0.29, 0.717) is 20.7 Å². The van der Waals surface area contributed by atoms with Gasteiger partial charge in [-0.15, -0.1) is 12.6 Å². The fourth-order valence-electron chi connectivity index (χ4n) is 1.46. The minimum atomic E-state index is -0.221. The van der Waals surface area contributed by atoms with E-state index < -0.39 is 0 Å². The summed E-state index contributed by atoms with van der Waals surface area (Å²) in [6.45, 7) is 0. The first-order valence-corrected chi connectivity index (χ1v) is 7.63. The summed E-state index contributed by atoms with van der Waals surface area (Å²) in [4.78, 5) is 12.9. The molecule has 0 radical (unpaired) electrons. The number of thiol groups is 1. The van der Waals surface area contributed by atoms with Crippen LogP contribution >= 0.6 is 56.1 Å². The maximum absolute atomic E-state index is 12.2. The van der Waals surface area contributed by atoms with Gasteiger partial charge in [0.15, 0.2) is 0 Å². The zero-order valence-electron chi connectivity index (χ0n) is 9.45. The third-order valence-electron chi connectivity index (χ3n) is 2.37. The third-order valence-corrected chi connectivity index (χ3v) is 4.57. The first-order chi connectivity index (χ1) is 8.97. The number of benzene rings is 2. The van der Waals surface area contributed by atoms with Gasteiger partial charge in [-0.25, -0.2) is 0 Å². The highest BCUT2D eigenvalue weighted by atomic mass is 79.9. The molecule has 1 N–H and O–H groups in total. The van der Waals surface area contributed by atoms with Gasteiger partial charge in [-0.1, -0.05) is 11.6 Å². The van der Waals surface area contributed by atoms with Crippen LogP contribution in [0.15, 0.2) is 50.2 Å². The van der Waals surface area contributed by atoms with Gasteiger partial charge in [0.1, 0.15) is 0 Å². The molecule has 0 bridgehead atoms. The highest BCUT2D eigenvalue weighted by molar-refractivity contribution is 9.10. The first-order valence-electron chi connectivity index (χ1n) is 5.22. The lowest BCUT2D eigenvalue weighted by Crippen LogP contribution is -2.12. The second kappa shape index (κ2) is 6.31. The number of amides is 1. The lowest BCUT2D eigenvalue weighted by Gasteiger charge is -2.08. The van der Waals surface area contributed by atoms with Gasteiger partial charge in [0.05, 0.1) is 10.6 Å². The van der Waals surface area contributed by atoms with Crippen LogP contribution in [0.4, 0.5) is 5.69 Å². The average Bonchev–Trinajstić information content (AvgIpc) is 2.36. The molecular formula is C13H8Br2ClNOS. The molecule has 2 nitrogen and oxygen atoms in total. The summed E-state index contributed by atoms with van der Waals surface area (Å²) < 4.78 is 1.50. The van der Waals surface area contributed by atoms with Crippen LogP contribution in [0.5, 0.6) is 0 Å². The van der Waals surface area contributed by atoms with Crippen molar-refractivity contribution in [1.82, 2.24) is 0 Å². The summed E-state index contributed by atoms with van der Waals surface area (Å²) in [6.07, 6.45) is 0. The number of hydrogen-bond donors (Lipinski definition) is 2. The van der Waals surface area contributed by atoms with Crippen molar-refractivity contribution in [2.24, 2.45) is 0 Å². The van der Waals surface area contributed by atoms with Crippen molar-refractivity contribution in [2.75, 3.05) is 5.32 Å². The highest BCUT2D eigenvalue weighted by Gasteiger charge is 2.11. The van der Waals surface area contributed by atoms with Crippen molar-refractivity contribution in [3.8, 4) is 0 Å². The summed E-state index contributed by atoms with van der Waals surface area (Å²) >= 11 is 16.8. The molecule has 19 heavy (non-hydrogen) atoms. The minimum absolute atomic E-state index is 0.221. The van der Waals surface area contributed by atoms with Crippen molar-refractivity contribution in [2.45, 2.75) is 4.90 Å². The van der Waals surface area contributed by atoms with Crippen LogP contribution in [-0.2, 0) is 0 Å². The summed E-state index contributed by atoms with van der Waals surface area (Å²) in [5, 5.41) is 3.33. The van der Waals surface area contributed by atoms with Crippen LogP contribution in [0.3, 0.4) is 0 Å². The Morgan fingerprint density at radius 3 is 2.47 bits per heavy atom. The van der Waals surface area contributed by atoms with Crippen molar-refractivity contribution in [3.63, 3.8) is 0 Å². The zero-order valence-corrected chi connectivity index (χ0v) is 14.3. The predicted molar refractivity (Wildman–Crippen MR) is 88.5 cm³/mol. The third kappa shape index (κ3) is 3.75. The van der Waals surface area contributed by atoms with Gasteiger partial charge in [-0.3, -0.25) is 4.79 Å². The van der Waals surface area contributed by atoms with Crippen LogP contribution < -0.4 is 5.32 Å². The molecule has 0 spiro atoms. The van der Waals surface area contributed by atoms with Crippen LogP contribution in [0.25, 0.3) is 0 Å². The Hall–Kier alpha value is -0.490. The molecule has 2 rings (SSSR count). The number of anilines is 1. The number of nitrogens with one attached hydrogen (secondary N) is 1. The largest absolute Gasteiger partial charge is 0.322 e. The molecule has 0 aliphatic carbocycles. The highest BCUT2D eigenvalue weighted by Crippen LogP contribution is 2.26. The second-order valence-corrected chi connectivity index (χ2v) is 6.38. The van der Waals surface area contributed by atoms with Gasteiger partial charge < -0.3 is 5.32 Å². The van der Waals surface area contributed by atoms with Crippen LogP contribution in [0.1, 0.15) is 10.4 Å². The van der Waals surface area contributed by atoms with Gasteiger partial charge in [0.2, 0.25) is 0 Å². The quantitative estimate of drug-likeness (QED) is 0.624. The molecule has 0 heterocycles. The molecule has 0 atom stereocenters. The van der Waals surface area contributed by atoms with Crippen molar-refractivity contribution in [3.05, 3.63) is 55.9 Å². The number of hydrogen-bond acceptors (Lipinski definition) is 2. The Balaban J connectivity index is 2.25. The summed E-state index contributed by atoms with van der Waals surface area (Å²) in [5.41, 5.74) is 1.15. The fourth-order valence-corrected chi connectivity index (χ4v) is 2.52. The Labute approximate surface area is 138 Å². The maximum Gasteiger partial charge on any atom is 0.256 e. The van der Waals surface area contributed by atoms with Crippen LogP contribution in [-0.4, -0.2) is 5.91 Å². The van der Waals surface area contributed by atoms with E-state index in [1.54, 1.807) is 36.4 Å². The minimum Gasteiger partial charge on any atom is -0.322 e. The summed E-state index contributed by atoms with van der Waals surface area (Å²) in [5.74, 6) is -0.221. The molecule has 0 fully saturated rings. The lowest BCUT2D eigenvalue weighted by molar-refractivity contribution is 0.102. The molecule has 0 aliphatic heterocycles. The average molecular weight is 422 g/mol. The summed E-state index contributed by atoms with van der Waals surface area (Å²) in [7, 11) is 0. The SMILES string of the molecule is O=C(Nc1ccc(Br)c(Cl)c1)c1cc(S)ccc1Br. The normalized spacial score (nSPS) is 10.3. The Morgan fingerprint density at radius 2 is 1.79 bits per heavy atom. The molecule has 2 aromatic rings. The molecule has 0 saturated carbocycles. The van der Waals surface area contributed by atoms with Gasteiger partial charge in [0, 0.05) is 19.5 Å². The van der Waals surface area contributed by atoms with Crippen LogP contribution in [0.2, 0.25) is 5.02 Å². The summed E-state index contributed by atoms with van der Waals surface area (Å²) in [6, 6.07) is 10.5. The molecule has 0 aliphatic rings. The molecule has 0 unspecified atom stereocenters. The molecule has 0 aromatic heterocycles. The van der Waals surface area contributed by atoms with E-state index in [2.05, 4.69) is 49.8 Å². The lowest BCUT2D eigenvalue weighted by atomic mass is 10.2. The number of rotatable bonds is 2. The standard InChI is InChI=1S/C13H8Br2ClNOS/c14-10-4-2-8(19)6-9(10)13(18)17-7-1-3-11(15)12(16)5-7/h1-6,19H,(H,17,18). The smallest absolute Gasteiger partial charge is 0.256 e. The number of halogens is 3. The maximum atomic E-state index is 12.2. The second-order valence-electron chi connectivity index (χ2n) is 3.75. The van der Waals surface area contributed by atoms with Gasteiger partial charge in [-0.05, 0) is 68.3 Å². The molecule has 6 heteroatoms. The van der Waals surface area contributed by atoms with Crippen molar-refractivity contribution < 1.29 is 4.79 Å². The van der Waals surface area contributed by atoms with Crippen molar-refractivity contribution >= 4 is 67.7 Å². The first kappa shape index (κ1) is 14.9. The Kier molecular flexibility index (Phi) is 4.95. The monoisotopic (exact) mass is 419 g/mol. The van der Waals surface area contributed by atoms with Crippen LogP contribution in [0, 0.1) is 0 Å². The zero-order chi connectivity index (χ0) is 14.0. The van der Waals surface area contributed by atoms with Gasteiger partial charge in [0.25, 0.3) is 5.91 Å².